The van der Waals surface area contributed by atoms with E-state index in [-0.39, 0.29) is 0 Å². The number of pyridine rings is 1. The molecule has 0 bridgehead atoms. The minimum atomic E-state index is 0.602. The number of hydrogen-bond donors (Lipinski definition) is 1. The van der Waals surface area contributed by atoms with Crippen molar-refractivity contribution in [3.05, 3.63) is 66.1 Å². The largest absolute Gasteiger partial charge is 0.340 e. The van der Waals surface area contributed by atoms with Crippen molar-refractivity contribution in [2.45, 2.75) is 6.92 Å². The maximum Gasteiger partial charge on any atom is 0.161 e. The molecule has 3 rings (SSSR count). The van der Waals surface area contributed by atoms with E-state index >= 15 is 0 Å². The average molecular weight is 287 g/mol. The summed E-state index contributed by atoms with van der Waals surface area (Å²) in [6.07, 6.45) is 3.43. The first-order chi connectivity index (χ1) is 10.7. The quantitative estimate of drug-likeness (QED) is 0.798. The van der Waals surface area contributed by atoms with Crippen LogP contribution in [0.5, 0.6) is 0 Å². The van der Waals surface area contributed by atoms with E-state index in [0.717, 1.165) is 16.9 Å². The fourth-order valence-corrected chi connectivity index (χ4v) is 2.08. The second-order valence-corrected chi connectivity index (χ2v) is 4.77. The highest BCUT2D eigenvalue weighted by molar-refractivity contribution is 5.62. The predicted octanol–water partition coefficient (Wildman–Crippen LogP) is 3.46. The highest BCUT2D eigenvalue weighted by Crippen LogP contribution is 2.20. The van der Waals surface area contributed by atoms with Gasteiger partial charge in [-0.3, -0.25) is 4.98 Å². The Labute approximate surface area is 128 Å². The average Bonchev–Trinajstić information content (AvgIpc) is 2.55. The molecule has 0 amide bonds. The van der Waals surface area contributed by atoms with Crippen molar-refractivity contribution < 1.29 is 0 Å². The molecule has 3 aromatic rings. The van der Waals surface area contributed by atoms with Crippen LogP contribution in [0, 0.1) is 18.3 Å². The Morgan fingerprint density at radius 2 is 1.86 bits per heavy atom. The smallest absolute Gasteiger partial charge is 0.161 e. The molecule has 0 saturated carbocycles. The van der Waals surface area contributed by atoms with Crippen molar-refractivity contribution in [2.24, 2.45) is 0 Å². The molecule has 0 aliphatic rings. The third kappa shape index (κ3) is 3.07. The van der Waals surface area contributed by atoms with Gasteiger partial charge in [-0.1, -0.05) is 6.07 Å². The van der Waals surface area contributed by atoms with Crippen molar-refractivity contribution in [3.63, 3.8) is 0 Å². The van der Waals surface area contributed by atoms with E-state index in [2.05, 4.69) is 26.3 Å². The SMILES string of the molecule is Cc1cc(Nc2cccc(C#N)c2)nc(-c2ccncc2)n1. The molecule has 0 fully saturated rings. The summed E-state index contributed by atoms with van der Waals surface area (Å²) in [6, 6.07) is 15.0. The molecule has 0 radical (unpaired) electrons. The first kappa shape index (κ1) is 13.7. The number of nitriles is 1. The van der Waals surface area contributed by atoms with E-state index in [0.29, 0.717) is 17.2 Å². The molecular formula is C17H13N5. The van der Waals surface area contributed by atoms with Crippen LogP contribution in [0.2, 0.25) is 0 Å². The van der Waals surface area contributed by atoms with Crippen LogP contribution in [0.1, 0.15) is 11.3 Å². The lowest BCUT2D eigenvalue weighted by atomic mass is 10.2. The van der Waals surface area contributed by atoms with Gasteiger partial charge in [0.25, 0.3) is 0 Å². The third-order valence-corrected chi connectivity index (χ3v) is 3.06. The molecule has 1 aromatic carbocycles. The van der Waals surface area contributed by atoms with Crippen LogP contribution in [0.15, 0.2) is 54.9 Å². The van der Waals surface area contributed by atoms with Crippen molar-refractivity contribution in [2.75, 3.05) is 5.32 Å². The summed E-state index contributed by atoms with van der Waals surface area (Å²) in [7, 11) is 0. The van der Waals surface area contributed by atoms with Crippen molar-refractivity contribution in [1.29, 1.82) is 5.26 Å². The van der Waals surface area contributed by atoms with Gasteiger partial charge in [-0.05, 0) is 37.3 Å². The molecule has 22 heavy (non-hydrogen) atoms. The van der Waals surface area contributed by atoms with E-state index < -0.39 is 0 Å². The Bertz CT molecular complexity index is 837. The Balaban J connectivity index is 1.94. The molecular weight excluding hydrogens is 274 g/mol. The van der Waals surface area contributed by atoms with Crippen LogP contribution in [-0.4, -0.2) is 15.0 Å². The second kappa shape index (κ2) is 6.02. The fourth-order valence-electron chi connectivity index (χ4n) is 2.08. The zero-order chi connectivity index (χ0) is 15.4. The summed E-state index contributed by atoms with van der Waals surface area (Å²) in [4.78, 5) is 13.0. The molecule has 0 aliphatic carbocycles. The first-order valence-electron chi connectivity index (χ1n) is 6.78. The number of nitrogens with zero attached hydrogens (tertiary/aromatic N) is 4. The monoisotopic (exact) mass is 287 g/mol. The normalized spacial score (nSPS) is 10.0. The Morgan fingerprint density at radius 3 is 2.64 bits per heavy atom. The topological polar surface area (TPSA) is 74.5 Å². The molecule has 5 nitrogen and oxygen atoms in total. The van der Waals surface area contributed by atoms with Gasteiger partial charge in [0, 0.05) is 35.4 Å². The molecule has 2 aromatic heterocycles. The number of anilines is 2. The van der Waals surface area contributed by atoms with Crippen molar-refractivity contribution in [3.8, 4) is 17.5 Å². The molecule has 0 unspecified atom stereocenters. The lowest BCUT2D eigenvalue weighted by Gasteiger charge is -2.09. The van der Waals surface area contributed by atoms with Gasteiger partial charge in [0.2, 0.25) is 0 Å². The molecule has 106 valence electrons. The van der Waals surface area contributed by atoms with Crippen LogP contribution >= 0.6 is 0 Å². The van der Waals surface area contributed by atoms with E-state index in [1.54, 1.807) is 24.5 Å². The molecule has 1 N–H and O–H groups in total. The van der Waals surface area contributed by atoms with E-state index in [4.69, 9.17) is 5.26 Å². The van der Waals surface area contributed by atoms with Gasteiger partial charge in [0.1, 0.15) is 5.82 Å². The van der Waals surface area contributed by atoms with E-state index in [1.807, 2.05) is 37.3 Å². The Hall–Kier alpha value is -3.26. The number of hydrogen-bond acceptors (Lipinski definition) is 5. The lowest BCUT2D eigenvalue weighted by Crippen LogP contribution is -1.99. The van der Waals surface area contributed by atoms with Gasteiger partial charge >= 0.3 is 0 Å². The molecule has 5 heteroatoms. The number of aromatic nitrogens is 3. The van der Waals surface area contributed by atoms with Gasteiger partial charge in [0.05, 0.1) is 11.6 Å². The fraction of sp³-hybridized carbons (Fsp3) is 0.0588. The van der Waals surface area contributed by atoms with Gasteiger partial charge in [-0.2, -0.15) is 5.26 Å². The second-order valence-electron chi connectivity index (χ2n) is 4.77. The maximum atomic E-state index is 8.96. The molecule has 0 spiro atoms. The number of nitrogens with one attached hydrogen (secondary N) is 1. The van der Waals surface area contributed by atoms with Crippen LogP contribution in [-0.2, 0) is 0 Å². The predicted molar refractivity (Wildman–Crippen MR) is 84.4 cm³/mol. The van der Waals surface area contributed by atoms with Crippen LogP contribution in [0.3, 0.4) is 0 Å². The molecule has 0 aliphatic heterocycles. The van der Waals surface area contributed by atoms with Crippen LogP contribution < -0.4 is 5.32 Å². The zero-order valence-corrected chi connectivity index (χ0v) is 12.0. The highest BCUT2D eigenvalue weighted by Gasteiger charge is 2.05. The van der Waals surface area contributed by atoms with Gasteiger partial charge in [0.15, 0.2) is 5.82 Å². The Morgan fingerprint density at radius 1 is 1.05 bits per heavy atom. The van der Waals surface area contributed by atoms with Crippen LogP contribution in [0.25, 0.3) is 11.4 Å². The minimum Gasteiger partial charge on any atom is -0.340 e. The zero-order valence-electron chi connectivity index (χ0n) is 12.0. The number of benzene rings is 1. The van der Waals surface area contributed by atoms with Gasteiger partial charge < -0.3 is 5.32 Å². The maximum absolute atomic E-state index is 8.96. The van der Waals surface area contributed by atoms with Crippen LogP contribution in [0.4, 0.5) is 11.5 Å². The van der Waals surface area contributed by atoms with Gasteiger partial charge in [-0.25, -0.2) is 9.97 Å². The Kier molecular flexibility index (Phi) is 3.75. The number of aryl methyl sites for hydroxylation is 1. The lowest BCUT2D eigenvalue weighted by molar-refractivity contribution is 1.11. The molecule has 0 atom stereocenters. The van der Waals surface area contributed by atoms with E-state index in [1.165, 1.54) is 0 Å². The van der Waals surface area contributed by atoms with E-state index in [9.17, 15) is 0 Å². The van der Waals surface area contributed by atoms with Crippen molar-refractivity contribution >= 4 is 11.5 Å². The molecule has 2 heterocycles. The summed E-state index contributed by atoms with van der Waals surface area (Å²) >= 11 is 0. The first-order valence-corrected chi connectivity index (χ1v) is 6.78. The summed E-state index contributed by atoms with van der Waals surface area (Å²) in [5.74, 6) is 1.33. The summed E-state index contributed by atoms with van der Waals surface area (Å²) < 4.78 is 0. The number of rotatable bonds is 3. The minimum absolute atomic E-state index is 0.602. The standard InChI is InChI=1S/C17H13N5/c1-12-9-16(21-15-4-2-3-13(10-15)11-18)22-17(20-12)14-5-7-19-8-6-14/h2-10H,1H3,(H,20,21,22). The van der Waals surface area contributed by atoms with Gasteiger partial charge in [-0.15, -0.1) is 0 Å². The summed E-state index contributed by atoms with van der Waals surface area (Å²) in [6.45, 7) is 1.92. The highest BCUT2D eigenvalue weighted by atomic mass is 15.0. The van der Waals surface area contributed by atoms with Crippen molar-refractivity contribution in [1.82, 2.24) is 15.0 Å². The third-order valence-electron chi connectivity index (χ3n) is 3.06. The summed E-state index contributed by atoms with van der Waals surface area (Å²) in [5.41, 5.74) is 3.19. The molecule has 0 saturated heterocycles. The summed E-state index contributed by atoms with van der Waals surface area (Å²) in [5, 5.41) is 12.2.